The molecule has 1 fully saturated rings. The molecule has 0 spiro atoms. The molecule has 0 radical (unpaired) electrons. The number of rotatable bonds is 4. The highest BCUT2D eigenvalue weighted by Gasteiger charge is 2.65. The maximum Gasteiger partial charge on any atom is 0.417 e. The average Bonchev–Trinajstić information content (AvgIpc) is 3.29. The number of ether oxygens (including phenoxy) is 2. The summed E-state index contributed by atoms with van der Waals surface area (Å²) in [5, 5.41) is 7.67. The van der Waals surface area contributed by atoms with Crippen LogP contribution in [0.15, 0.2) is 24.4 Å². The topological polar surface area (TPSA) is 110 Å². The summed E-state index contributed by atoms with van der Waals surface area (Å²) in [4.78, 5) is 11.2. The molecule has 1 saturated heterocycles. The number of methoxy groups -OCH3 is 1. The summed E-state index contributed by atoms with van der Waals surface area (Å²) in [6.07, 6.45) is -4.74. The normalized spacial score (nSPS) is 25.5. The summed E-state index contributed by atoms with van der Waals surface area (Å²) in [5.74, 6) is -5.74. The molecule has 33 heavy (non-hydrogen) atoms. The minimum absolute atomic E-state index is 0.00267. The molecule has 3 aromatic rings. The van der Waals surface area contributed by atoms with E-state index in [4.69, 9.17) is 20.6 Å². The van der Waals surface area contributed by atoms with Gasteiger partial charge in [0.25, 0.3) is 0 Å². The van der Waals surface area contributed by atoms with E-state index in [-0.39, 0.29) is 28.4 Å². The number of nitrogens with one attached hydrogen (secondary N) is 2. The average molecular weight is 469 g/mol. The number of fused-ring (bicyclic) bond motifs is 1. The van der Waals surface area contributed by atoms with Crippen molar-refractivity contribution in [1.29, 1.82) is 5.41 Å². The van der Waals surface area contributed by atoms with Crippen molar-refractivity contribution >= 4 is 16.9 Å². The minimum atomic E-state index is -4.77. The van der Waals surface area contributed by atoms with Crippen LogP contribution in [0.3, 0.4) is 0 Å². The molecule has 1 aliphatic heterocycles. The Morgan fingerprint density at radius 3 is 2.58 bits per heavy atom. The third-order valence-corrected chi connectivity index (χ3v) is 6.26. The lowest BCUT2D eigenvalue weighted by Gasteiger charge is -2.32. The van der Waals surface area contributed by atoms with Gasteiger partial charge in [-0.1, -0.05) is 13.0 Å². The van der Waals surface area contributed by atoms with Gasteiger partial charge in [0.2, 0.25) is 5.82 Å². The van der Waals surface area contributed by atoms with Crippen molar-refractivity contribution in [3.8, 4) is 5.75 Å². The number of amidine groups is 1. The third kappa shape index (κ3) is 3.39. The number of nitrogens with zero attached hydrogens (tertiary/aromatic N) is 2. The maximum atomic E-state index is 14.5. The van der Waals surface area contributed by atoms with Crippen LogP contribution >= 0.6 is 0 Å². The molecule has 12 heteroatoms. The zero-order chi connectivity index (χ0) is 24.3. The number of halogens is 5. The summed E-state index contributed by atoms with van der Waals surface area (Å²) >= 11 is 0. The van der Waals surface area contributed by atoms with Gasteiger partial charge in [0, 0.05) is 23.6 Å². The van der Waals surface area contributed by atoms with Gasteiger partial charge in [-0.05, 0) is 19.1 Å². The lowest BCUT2D eigenvalue weighted by Crippen LogP contribution is -2.46. The van der Waals surface area contributed by atoms with Gasteiger partial charge in [-0.2, -0.15) is 17.6 Å². The van der Waals surface area contributed by atoms with Gasteiger partial charge < -0.3 is 20.2 Å². The van der Waals surface area contributed by atoms with Gasteiger partial charge in [0.05, 0.1) is 12.6 Å². The second-order valence-electron chi connectivity index (χ2n) is 8.03. The lowest BCUT2D eigenvalue weighted by molar-refractivity contribution is -0.275. The molecule has 4 atom stereocenters. The molecular weight excluding hydrogens is 449 g/mol. The fraction of sp³-hybridized carbons (Fsp3) is 0.381. The standard InChI is InChI=1S/C21H20F5N5O2/c1-8-12(9-4-5-10(22)13(23)16(9)32-3)17(33-20(8,2)21(24,25)26)19-30-11-6-7-29-15(18(27)28)14(11)31-19/h4-8,12,17H,1-3H3,(H3,27,28)(H,30,31)/t8?,12?,17-,20-/m1/s1. The number of aromatic nitrogens is 3. The van der Waals surface area contributed by atoms with Crippen LogP contribution < -0.4 is 10.5 Å². The van der Waals surface area contributed by atoms with Crippen LogP contribution in [-0.4, -0.2) is 39.7 Å². The summed E-state index contributed by atoms with van der Waals surface area (Å²) in [5.41, 5.74) is 3.52. The van der Waals surface area contributed by atoms with E-state index in [1.54, 1.807) is 0 Å². The van der Waals surface area contributed by atoms with Crippen molar-refractivity contribution in [3.63, 3.8) is 0 Å². The van der Waals surface area contributed by atoms with Gasteiger partial charge in [-0.3, -0.25) is 10.4 Å². The first-order chi connectivity index (χ1) is 15.4. The van der Waals surface area contributed by atoms with Crippen LogP contribution in [0.1, 0.15) is 43.0 Å². The Balaban J connectivity index is 1.94. The van der Waals surface area contributed by atoms with E-state index in [9.17, 15) is 22.0 Å². The SMILES string of the molecule is COc1c(C2C(C)[C@](C)(C(F)(F)F)O[C@H]2c2nc3c(C(=N)N)nccc3[nH]2)ccc(F)c1F. The van der Waals surface area contributed by atoms with E-state index < -0.39 is 47.1 Å². The van der Waals surface area contributed by atoms with Crippen LogP contribution in [0.25, 0.3) is 11.0 Å². The Morgan fingerprint density at radius 2 is 1.97 bits per heavy atom. The minimum Gasteiger partial charge on any atom is -0.493 e. The Bertz CT molecular complexity index is 1240. The van der Waals surface area contributed by atoms with Crippen LogP contribution in [0.5, 0.6) is 5.75 Å². The Hall–Kier alpha value is -3.28. The molecule has 0 saturated carbocycles. The Kier molecular flexibility index (Phi) is 5.31. The van der Waals surface area contributed by atoms with Gasteiger partial charge in [-0.15, -0.1) is 0 Å². The molecule has 176 valence electrons. The first-order valence-electron chi connectivity index (χ1n) is 9.86. The highest BCUT2D eigenvalue weighted by molar-refractivity contribution is 6.03. The van der Waals surface area contributed by atoms with Gasteiger partial charge >= 0.3 is 6.18 Å². The third-order valence-electron chi connectivity index (χ3n) is 6.26. The zero-order valence-electron chi connectivity index (χ0n) is 17.7. The number of alkyl halides is 3. The first-order valence-corrected chi connectivity index (χ1v) is 9.86. The van der Waals surface area contributed by atoms with Crippen molar-refractivity contribution in [2.75, 3.05) is 7.11 Å². The molecule has 4 N–H and O–H groups in total. The molecule has 2 aromatic heterocycles. The number of hydrogen-bond donors (Lipinski definition) is 3. The first kappa shape index (κ1) is 22.9. The Morgan fingerprint density at radius 1 is 1.27 bits per heavy atom. The lowest BCUT2D eigenvalue weighted by atomic mass is 9.77. The number of nitrogens with two attached hydrogens (primary N) is 1. The van der Waals surface area contributed by atoms with Crippen LogP contribution in [-0.2, 0) is 4.74 Å². The number of benzene rings is 1. The van der Waals surface area contributed by atoms with Crippen molar-refractivity contribution in [3.05, 3.63) is 53.1 Å². The van der Waals surface area contributed by atoms with Crippen molar-refractivity contribution < 1.29 is 31.4 Å². The number of imidazole rings is 1. The van der Waals surface area contributed by atoms with E-state index in [1.165, 1.54) is 25.3 Å². The second-order valence-corrected chi connectivity index (χ2v) is 8.03. The number of nitrogen functional groups attached to an aromatic ring is 1. The molecule has 3 heterocycles. The molecule has 1 aliphatic rings. The molecule has 4 rings (SSSR count). The quantitative estimate of drug-likeness (QED) is 0.299. The van der Waals surface area contributed by atoms with Crippen molar-refractivity contribution in [2.24, 2.45) is 11.7 Å². The van der Waals surface area contributed by atoms with Crippen molar-refractivity contribution in [2.45, 2.75) is 37.6 Å². The molecule has 0 bridgehead atoms. The fourth-order valence-electron chi connectivity index (χ4n) is 4.34. The summed E-state index contributed by atoms with van der Waals surface area (Å²) in [6, 6.07) is 3.53. The highest BCUT2D eigenvalue weighted by atomic mass is 19.4. The molecular formula is C21H20F5N5O2. The predicted octanol–water partition coefficient (Wildman–Crippen LogP) is 4.34. The van der Waals surface area contributed by atoms with E-state index in [2.05, 4.69) is 15.0 Å². The summed E-state index contributed by atoms with van der Waals surface area (Å²) in [6.45, 7) is 2.23. The van der Waals surface area contributed by atoms with Gasteiger partial charge in [0.1, 0.15) is 29.0 Å². The molecule has 0 aliphatic carbocycles. The van der Waals surface area contributed by atoms with Gasteiger partial charge in [-0.25, -0.2) is 9.37 Å². The van der Waals surface area contributed by atoms with E-state index in [1.807, 2.05) is 0 Å². The van der Waals surface area contributed by atoms with Crippen LogP contribution in [0, 0.1) is 23.0 Å². The molecule has 7 nitrogen and oxygen atoms in total. The number of aromatic amines is 1. The Labute approximate surface area is 184 Å². The number of hydrogen-bond acceptors (Lipinski definition) is 5. The second kappa shape index (κ2) is 7.65. The molecule has 0 amide bonds. The summed E-state index contributed by atoms with van der Waals surface area (Å²) in [7, 11) is 1.10. The van der Waals surface area contributed by atoms with Crippen molar-refractivity contribution in [1.82, 2.24) is 15.0 Å². The summed E-state index contributed by atoms with van der Waals surface area (Å²) < 4.78 is 81.2. The number of pyridine rings is 1. The molecule has 1 aromatic carbocycles. The van der Waals surface area contributed by atoms with E-state index in [0.717, 1.165) is 20.1 Å². The monoisotopic (exact) mass is 469 g/mol. The van der Waals surface area contributed by atoms with E-state index >= 15 is 0 Å². The molecule has 2 unspecified atom stereocenters. The number of H-pyrrole nitrogens is 1. The largest absolute Gasteiger partial charge is 0.493 e. The highest BCUT2D eigenvalue weighted by Crippen LogP contribution is 2.59. The fourth-order valence-corrected chi connectivity index (χ4v) is 4.34. The van der Waals surface area contributed by atoms with Crippen LogP contribution in [0.2, 0.25) is 0 Å². The smallest absolute Gasteiger partial charge is 0.417 e. The zero-order valence-corrected chi connectivity index (χ0v) is 17.7. The maximum absolute atomic E-state index is 14.5. The van der Waals surface area contributed by atoms with Crippen LogP contribution in [0.4, 0.5) is 22.0 Å². The van der Waals surface area contributed by atoms with E-state index in [0.29, 0.717) is 5.52 Å². The van der Waals surface area contributed by atoms with Gasteiger partial charge in [0.15, 0.2) is 17.2 Å². The predicted molar refractivity (Wildman–Crippen MR) is 108 cm³/mol.